The van der Waals surface area contributed by atoms with Gasteiger partial charge in [-0.05, 0) is 25.3 Å². The lowest BCUT2D eigenvalue weighted by Crippen LogP contribution is -2.39. The van der Waals surface area contributed by atoms with Gasteiger partial charge in [0.2, 0.25) is 5.95 Å². The molecule has 1 unspecified atom stereocenters. The third-order valence-corrected chi connectivity index (χ3v) is 5.25. The maximum atomic E-state index is 11.2. The van der Waals surface area contributed by atoms with Gasteiger partial charge in [0.05, 0.1) is 5.92 Å². The van der Waals surface area contributed by atoms with Crippen molar-refractivity contribution < 1.29 is 9.90 Å². The number of aliphatic carboxylic acids is 1. The Labute approximate surface area is 131 Å². The molecule has 0 radical (unpaired) electrons. The summed E-state index contributed by atoms with van der Waals surface area (Å²) in [5.74, 6) is -0.564. The zero-order chi connectivity index (χ0) is 15.0. The number of anilines is 1. The molecule has 0 amide bonds. The Morgan fingerprint density at radius 2 is 2.38 bits per heavy atom. The lowest BCUT2D eigenvalue weighted by atomic mass is 9.99. The average molecular weight is 326 g/mol. The Morgan fingerprint density at radius 3 is 3.10 bits per heavy atom. The van der Waals surface area contributed by atoms with Gasteiger partial charge in [-0.2, -0.15) is 0 Å². The van der Waals surface area contributed by atoms with Crippen molar-refractivity contribution in [2.75, 3.05) is 18.0 Å². The van der Waals surface area contributed by atoms with Gasteiger partial charge in [-0.25, -0.2) is 9.97 Å². The van der Waals surface area contributed by atoms with Crippen LogP contribution in [0.4, 0.5) is 5.95 Å². The first-order valence-corrected chi connectivity index (χ1v) is 8.21. The molecule has 3 heterocycles. The molecule has 1 atom stereocenters. The van der Waals surface area contributed by atoms with Crippen molar-refractivity contribution in [1.29, 1.82) is 0 Å². The standard InChI is InChI=1S/C14H16ClN3O2S/c1-2-9-6-10-11(15)16-14(17-12(10)21-9)18-5-3-4-8(7-18)13(19)20/h6,8H,2-5,7H2,1H3,(H,19,20). The number of fused-ring (bicyclic) bond motifs is 1. The molecule has 2 aromatic heterocycles. The highest BCUT2D eigenvalue weighted by Gasteiger charge is 2.27. The second-order valence-electron chi connectivity index (χ2n) is 5.22. The fourth-order valence-electron chi connectivity index (χ4n) is 2.60. The second-order valence-corrected chi connectivity index (χ2v) is 6.70. The molecule has 0 aromatic carbocycles. The quantitative estimate of drug-likeness (QED) is 0.878. The zero-order valence-corrected chi connectivity index (χ0v) is 13.2. The van der Waals surface area contributed by atoms with E-state index >= 15 is 0 Å². The van der Waals surface area contributed by atoms with E-state index < -0.39 is 5.97 Å². The minimum atomic E-state index is -0.753. The van der Waals surface area contributed by atoms with Crippen LogP contribution in [0.2, 0.25) is 5.15 Å². The van der Waals surface area contributed by atoms with Crippen LogP contribution in [0.15, 0.2) is 6.07 Å². The Bertz CT molecular complexity index is 688. The molecule has 2 aromatic rings. The number of carboxylic acid groups (broad SMARTS) is 1. The number of carboxylic acids is 1. The SMILES string of the molecule is CCc1cc2c(Cl)nc(N3CCCC(C(=O)O)C3)nc2s1. The maximum Gasteiger partial charge on any atom is 0.308 e. The summed E-state index contributed by atoms with van der Waals surface area (Å²) in [5, 5.41) is 10.5. The Balaban J connectivity index is 1.94. The van der Waals surface area contributed by atoms with Crippen molar-refractivity contribution in [3.05, 3.63) is 16.1 Å². The third-order valence-electron chi connectivity index (χ3n) is 3.79. The van der Waals surface area contributed by atoms with Crippen molar-refractivity contribution in [1.82, 2.24) is 9.97 Å². The molecule has 0 spiro atoms. The van der Waals surface area contributed by atoms with Gasteiger partial charge in [0, 0.05) is 23.4 Å². The number of piperidine rings is 1. The van der Waals surface area contributed by atoms with Crippen molar-refractivity contribution >= 4 is 45.1 Å². The Kier molecular flexibility index (Phi) is 3.99. The van der Waals surface area contributed by atoms with E-state index in [0.29, 0.717) is 24.1 Å². The summed E-state index contributed by atoms with van der Waals surface area (Å²) in [6.07, 6.45) is 2.49. The lowest BCUT2D eigenvalue weighted by molar-refractivity contribution is -0.141. The summed E-state index contributed by atoms with van der Waals surface area (Å²) in [6, 6.07) is 2.03. The van der Waals surface area contributed by atoms with Gasteiger partial charge in [0.1, 0.15) is 9.98 Å². The lowest BCUT2D eigenvalue weighted by Gasteiger charge is -2.30. The first-order chi connectivity index (χ1) is 10.1. The van der Waals surface area contributed by atoms with Crippen LogP contribution in [0.3, 0.4) is 0 Å². The molecular weight excluding hydrogens is 310 g/mol. The molecule has 0 aliphatic carbocycles. The fraction of sp³-hybridized carbons (Fsp3) is 0.500. The number of nitrogens with zero attached hydrogens (tertiary/aromatic N) is 3. The van der Waals surface area contributed by atoms with Gasteiger partial charge in [0.15, 0.2) is 0 Å². The maximum absolute atomic E-state index is 11.2. The topological polar surface area (TPSA) is 66.3 Å². The van der Waals surface area contributed by atoms with E-state index in [4.69, 9.17) is 11.6 Å². The molecule has 0 saturated carbocycles. The highest BCUT2D eigenvalue weighted by molar-refractivity contribution is 7.18. The smallest absolute Gasteiger partial charge is 0.308 e. The number of halogens is 1. The normalized spacial score (nSPS) is 19.1. The van der Waals surface area contributed by atoms with E-state index in [-0.39, 0.29) is 5.92 Å². The highest BCUT2D eigenvalue weighted by atomic mass is 35.5. The number of carbonyl (C=O) groups is 1. The molecule has 1 fully saturated rings. The largest absolute Gasteiger partial charge is 0.481 e. The molecular formula is C14H16ClN3O2S. The van der Waals surface area contributed by atoms with E-state index in [1.54, 1.807) is 11.3 Å². The minimum absolute atomic E-state index is 0.355. The summed E-state index contributed by atoms with van der Waals surface area (Å²) in [6.45, 7) is 3.32. The number of aromatic nitrogens is 2. The van der Waals surface area contributed by atoms with Crippen LogP contribution >= 0.6 is 22.9 Å². The number of hydrogen-bond acceptors (Lipinski definition) is 5. The zero-order valence-electron chi connectivity index (χ0n) is 11.7. The monoisotopic (exact) mass is 325 g/mol. The second kappa shape index (κ2) is 5.77. The molecule has 1 aliphatic heterocycles. The first kappa shape index (κ1) is 14.5. The van der Waals surface area contributed by atoms with Crippen LogP contribution in [0, 0.1) is 5.92 Å². The van der Waals surface area contributed by atoms with Crippen LogP contribution in [0.1, 0.15) is 24.6 Å². The minimum Gasteiger partial charge on any atom is -0.481 e. The summed E-state index contributed by atoms with van der Waals surface area (Å²) in [7, 11) is 0. The Morgan fingerprint density at radius 1 is 1.57 bits per heavy atom. The van der Waals surface area contributed by atoms with Crippen LogP contribution in [-0.2, 0) is 11.2 Å². The van der Waals surface area contributed by atoms with E-state index in [1.807, 2.05) is 11.0 Å². The first-order valence-electron chi connectivity index (χ1n) is 7.02. The summed E-state index contributed by atoms with van der Waals surface area (Å²) < 4.78 is 0. The van der Waals surface area contributed by atoms with Crippen molar-refractivity contribution in [2.24, 2.45) is 5.92 Å². The third kappa shape index (κ3) is 2.82. The van der Waals surface area contributed by atoms with E-state index in [9.17, 15) is 9.90 Å². The van der Waals surface area contributed by atoms with Gasteiger partial charge in [-0.3, -0.25) is 4.79 Å². The summed E-state index contributed by atoms with van der Waals surface area (Å²) >= 11 is 7.88. The van der Waals surface area contributed by atoms with Gasteiger partial charge < -0.3 is 10.0 Å². The molecule has 7 heteroatoms. The van der Waals surface area contributed by atoms with Crippen LogP contribution in [0.25, 0.3) is 10.2 Å². The predicted octanol–water partition coefficient (Wildman–Crippen LogP) is 3.21. The highest BCUT2D eigenvalue weighted by Crippen LogP contribution is 2.31. The van der Waals surface area contributed by atoms with E-state index in [0.717, 1.165) is 29.6 Å². The van der Waals surface area contributed by atoms with Gasteiger partial charge >= 0.3 is 5.97 Å². The molecule has 0 bridgehead atoms. The van der Waals surface area contributed by atoms with Crippen LogP contribution in [0.5, 0.6) is 0 Å². The Hall–Kier alpha value is -1.40. The van der Waals surface area contributed by atoms with Crippen LogP contribution in [-0.4, -0.2) is 34.1 Å². The molecule has 1 aliphatic rings. The summed E-state index contributed by atoms with van der Waals surface area (Å²) in [4.78, 5) is 24.1. The number of aryl methyl sites for hydroxylation is 1. The fourth-order valence-corrected chi connectivity index (χ4v) is 3.84. The molecule has 21 heavy (non-hydrogen) atoms. The molecule has 3 rings (SSSR count). The average Bonchev–Trinajstić information content (AvgIpc) is 2.91. The molecule has 1 N–H and O–H groups in total. The molecule has 1 saturated heterocycles. The number of thiophene rings is 1. The van der Waals surface area contributed by atoms with Crippen molar-refractivity contribution in [2.45, 2.75) is 26.2 Å². The van der Waals surface area contributed by atoms with E-state index in [2.05, 4.69) is 16.9 Å². The molecule has 112 valence electrons. The summed E-state index contributed by atoms with van der Waals surface area (Å²) in [5.41, 5.74) is 0. The van der Waals surface area contributed by atoms with Gasteiger partial charge in [-0.15, -0.1) is 11.3 Å². The van der Waals surface area contributed by atoms with Crippen molar-refractivity contribution in [3.63, 3.8) is 0 Å². The number of hydrogen-bond donors (Lipinski definition) is 1. The molecule has 5 nitrogen and oxygen atoms in total. The van der Waals surface area contributed by atoms with Crippen LogP contribution < -0.4 is 4.90 Å². The predicted molar refractivity (Wildman–Crippen MR) is 84.4 cm³/mol. The van der Waals surface area contributed by atoms with Crippen molar-refractivity contribution in [3.8, 4) is 0 Å². The van der Waals surface area contributed by atoms with E-state index in [1.165, 1.54) is 4.88 Å². The van der Waals surface area contributed by atoms with Gasteiger partial charge in [0.25, 0.3) is 0 Å². The number of rotatable bonds is 3. The van der Waals surface area contributed by atoms with Gasteiger partial charge in [-0.1, -0.05) is 18.5 Å².